The van der Waals surface area contributed by atoms with Gasteiger partial charge in [0.05, 0.1) is 5.41 Å². The fraction of sp³-hybridized carbons (Fsp3) is 0.0678. The molecule has 0 amide bonds. The second-order valence-corrected chi connectivity index (χ2v) is 17.1. The molecule has 0 N–H and O–H groups in total. The minimum Gasteiger partial charge on any atom is -0.208 e. The van der Waals surface area contributed by atoms with Gasteiger partial charge in [-0.2, -0.15) is 0 Å². The van der Waals surface area contributed by atoms with Crippen LogP contribution in [0.3, 0.4) is 0 Å². The lowest BCUT2D eigenvalue weighted by atomic mass is 9.67. The normalized spacial score (nSPS) is 13.9. The lowest BCUT2D eigenvalue weighted by Gasteiger charge is -2.34. The maximum absolute atomic E-state index is 5.41. The van der Waals surface area contributed by atoms with Crippen LogP contribution in [0.25, 0.3) is 78.3 Å². The first-order valence-electron chi connectivity index (χ1n) is 21.4. The third kappa shape index (κ3) is 5.41. The molecule has 0 saturated carbocycles. The maximum atomic E-state index is 5.41. The molecular formula is C59H41N3. The number of hydrogen-bond donors (Lipinski definition) is 0. The van der Waals surface area contributed by atoms with Gasteiger partial charge in [-0.15, -0.1) is 0 Å². The topological polar surface area (TPSA) is 38.7 Å². The van der Waals surface area contributed by atoms with Gasteiger partial charge < -0.3 is 0 Å². The fourth-order valence-electron chi connectivity index (χ4n) is 10.4. The van der Waals surface area contributed by atoms with Crippen LogP contribution in [-0.4, -0.2) is 15.0 Å². The average molecular weight is 792 g/mol. The summed E-state index contributed by atoms with van der Waals surface area (Å²) in [6.45, 7) is 4.68. The summed E-state index contributed by atoms with van der Waals surface area (Å²) in [4.78, 5) is 16.2. The molecule has 0 fully saturated rings. The Balaban J connectivity index is 1.09. The molecule has 9 aromatic carbocycles. The lowest BCUT2D eigenvalue weighted by molar-refractivity contribution is 0.661. The molecule has 0 radical (unpaired) electrons. The largest absolute Gasteiger partial charge is 0.208 e. The van der Waals surface area contributed by atoms with Crippen molar-refractivity contribution in [1.29, 1.82) is 0 Å². The Labute approximate surface area is 362 Å². The van der Waals surface area contributed by atoms with Crippen LogP contribution in [0.5, 0.6) is 0 Å². The molecule has 0 atom stereocenters. The summed E-state index contributed by atoms with van der Waals surface area (Å²) in [5.41, 5.74) is 16.9. The van der Waals surface area contributed by atoms with Gasteiger partial charge in [0.25, 0.3) is 0 Å². The van der Waals surface area contributed by atoms with Crippen LogP contribution in [-0.2, 0) is 10.8 Å². The highest BCUT2D eigenvalue weighted by Crippen LogP contribution is 2.57. The Kier molecular flexibility index (Phi) is 8.10. The van der Waals surface area contributed by atoms with Crippen molar-refractivity contribution < 1.29 is 0 Å². The van der Waals surface area contributed by atoms with E-state index in [1.165, 1.54) is 66.4 Å². The molecule has 292 valence electrons. The molecule has 10 aromatic rings. The Bertz CT molecular complexity index is 3330. The van der Waals surface area contributed by atoms with Crippen molar-refractivity contribution in [1.82, 2.24) is 15.0 Å². The molecule has 62 heavy (non-hydrogen) atoms. The molecule has 1 heterocycles. The molecule has 0 bridgehead atoms. The van der Waals surface area contributed by atoms with Crippen LogP contribution in [0.1, 0.15) is 47.2 Å². The summed E-state index contributed by atoms with van der Waals surface area (Å²) in [5, 5.41) is 2.51. The highest BCUT2D eigenvalue weighted by molar-refractivity contribution is 5.94. The van der Waals surface area contributed by atoms with Crippen molar-refractivity contribution in [2.75, 3.05) is 0 Å². The zero-order valence-electron chi connectivity index (χ0n) is 34.5. The van der Waals surface area contributed by atoms with Crippen LogP contribution >= 0.6 is 0 Å². The summed E-state index contributed by atoms with van der Waals surface area (Å²) >= 11 is 0. The van der Waals surface area contributed by atoms with Crippen molar-refractivity contribution in [2.45, 2.75) is 24.7 Å². The van der Waals surface area contributed by atoms with Crippen LogP contribution in [0.2, 0.25) is 0 Å². The summed E-state index contributed by atoms with van der Waals surface area (Å²) in [6, 6.07) is 76.7. The van der Waals surface area contributed by atoms with E-state index in [1.54, 1.807) is 0 Å². The summed E-state index contributed by atoms with van der Waals surface area (Å²) < 4.78 is 0. The zero-order chi connectivity index (χ0) is 41.4. The van der Waals surface area contributed by atoms with E-state index in [4.69, 9.17) is 15.0 Å². The molecule has 0 spiro atoms. The van der Waals surface area contributed by atoms with E-state index in [0.717, 1.165) is 27.8 Å². The molecule has 2 aliphatic rings. The third-order valence-electron chi connectivity index (χ3n) is 13.4. The SMILES string of the molecule is CC1(C)c2cc(-c3nc(-c4ccc5c(c4)C(c4ccccc4)(c4ccccc4)c4ccccc4-5)nc(-c4ccccc4-c4ccccc4)n3)ccc2-c2cc3ccccc3cc21. The third-order valence-corrected chi connectivity index (χ3v) is 13.4. The van der Waals surface area contributed by atoms with Gasteiger partial charge in [-0.1, -0.05) is 202 Å². The minimum absolute atomic E-state index is 0.212. The Morgan fingerprint density at radius 2 is 0.742 bits per heavy atom. The molecule has 0 aliphatic heterocycles. The first-order chi connectivity index (χ1) is 30.5. The molecule has 2 aliphatic carbocycles. The molecule has 3 heteroatoms. The predicted octanol–water partition coefficient (Wildman–Crippen LogP) is 14.4. The molecule has 3 nitrogen and oxygen atoms in total. The second kappa shape index (κ2) is 13.9. The maximum Gasteiger partial charge on any atom is 0.164 e. The van der Waals surface area contributed by atoms with Crippen molar-refractivity contribution in [3.8, 4) is 67.5 Å². The summed E-state index contributed by atoms with van der Waals surface area (Å²) in [7, 11) is 0. The van der Waals surface area contributed by atoms with Crippen LogP contribution in [0.4, 0.5) is 0 Å². The average Bonchev–Trinajstić information content (AvgIpc) is 3.76. The van der Waals surface area contributed by atoms with Gasteiger partial charge in [0.1, 0.15) is 0 Å². The van der Waals surface area contributed by atoms with Crippen LogP contribution in [0.15, 0.2) is 212 Å². The summed E-state index contributed by atoms with van der Waals surface area (Å²) in [5.74, 6) is 1.92. The Hall–Kier alpha value is -7.75. The molecule has 0 saturated heterocycles. The van der Waals surface area contributed by atoms with Crippen molar-refractivity contribution in [2.24, 2.45) is 0 Å². The molecule has 0 unspecified atom stereocenters. The van der Waals surface area contributed by atoms with E-state index in [1.807, 2.05) is 0 Å². The summed E-state index contributed by atoms with van der Waals surface area (Å²) in [6.07, 6.45) is 0. The van der Waals surface area contributed by atoms with E-state index in [2.05, 4.69) is 226 Å². The van der Waals surface area contributed by atoms with Crippen molar-refractivity contribution in [3.05, 3.63) is 246 Å². The minimum atomic E-state index is -0.547. The standard InChI is InChI=1S/C59H41N3/c1-58(2)52-36-41(31-33-48(52)50-34-39-20-12-13-21-40(39)35-53(50)58)55-60-56(62-57(61-55)49-28-15-14-26-45(49)38-18-6-3-7-19-38)42-30-32-47-46-27-16-17-29-51(46)59(54(47)37-42,43-22-8-4-9-23-43)44-24-10-5-11-25-44/h3-37H,1-2H3. The van der Waals surface area contributed by atoms with E-state index >= 15 is 0 Å². The predicted molar refractivity (Wildman–Crippen MR) is 254 cm³/mol. The fourth-order valence-corrected chi connectivity index (χ4v) is 10.4. The van der Waals surface area contributed by atoms with E-state index in [9.17, 15) is 0 Å². The van der Waals surface area contributed by atoms with Gasteiger partial charge in [0.15, 0.2) is 17.5 Å². The van der Waals surface area contributed by atoms with E-state index in [-0.39, 0.29) is 5.41 Å². The molecular weight excluding hydrogens is 751 g/mol. The number of hydrogen-bond acceptors (Lipinski definition) is 3. The number of aromatic nitrogens is 3. The Morgan fingerprint density at radius 3 is 1.39 bits per heavy atom. The monoisotopic (exact) mass is 791 g/mol. The smallest absolute Gasteiger partial charge is 0.164 e. The highest BCUT2D eigenvalue weighted by atomic mass is 15.0. The Morgan fingerprint density at radius 1 is 0.290 bits per heavy atom. The number of nitrogens with zero attached hydrogens (tertiary/aromatic N) is 3. The van der Waals surface area contributed by atoms with Gasteiger partial charge in [0, 0.05) is 22.1 Å². The molecule has 12 rings (SSSR count). The quantitative estimate of drug-likeness (QED) is 0.168. The first-order valence-corrected chi connectivity index (χ1v) is 21.4. The number of benzene rings is 9. The van der Waals surface area contributed by atoms with E-state index in [0.29, 0.717) is 17.5 Å². The number of fused-ring (bicyclic) bond motifs is 7. The van der Waals surface area contributed by atoms with E-state index < -0.39 is 5.41 Å². The second-order valence-electron chi connectivity index (χ2n) is 17.1. The van der Waals surface area contributed by atoms with Gasteiger partial charge in [-0.05, 0) is 102 Å². The lowest BCUT2D eigenvalue weighted by Crippen LogP contribution is -2.28. The van der Waals surface area contributed by atoms with Crippen molar-refractivity contribution >= 4 is 10.8 Å². The zero-order valence-corrected chi connectivity index (χ0v) is 34.5. The van der Waals surface area contributed by atoms with Crippen LogP contribution < -0.4 is 0 Å². The van der Waals surface area contributed by atoms with Gasteiger partial charge in [0.2, 0.25) is 0 Å². The van der Waals surface area contributed by atoms with Crippen molar-refractivity contribution in [3.63, 3.8) is 0 Å². The first kappa shape index (κ1) is 36.1. The molecule has 1 aromatic heterocycles. The van der Waals surface area contributed by atoms with Gasteiger partial charge in [-0.25, -0.2) is 15.0 Å². The van der Waals surface area contributed by atoms with Gasteiger partial charge in [-0.3, -0.25) is 0 Å². The number of rotatable bonds is 6. The van der Waals surface area contributed by atoms with Gasteiger partial charge >= 0.3 is 0 Å². The highest BCUT2D eigenvalue weighted by Gasteiger charge is 2.46. The van der Waals surface area contributed by atoms with Crippen LogP contribution in [0, 0.1) is 0 Å².